The van der Waals surface area contributed by atoms with E-state index in [0.29, 0.717) is 19.1 Å². The van der Waals surface area contributed by atoms with Gasteiger partial charge in [0.2, 0.25) is 5.91 Å². The van der Waals surface area contributed by atoms with Crippen LogP contribution in [0.3, 0.4) is 0 Å². The quantitative estimate of drug-likeness (QED) is 0.857. The van der Waals surface area contributed by atoms with Gasteiger partial charge in [-0.25, -0.2) is 0 Å². The van der Waals surface area contributed by atoms with Crippen molar-refractivity contribution in [3.63, 3.8) is 0 Å². The normalized spacial score (nSPS) is 19.7. The molecule has 0 aliphatic carbocycles. The predicted molar refractivity (Wildman–Crippen MR) is 87.0 cm³/mol. The molecule has 5 heteroatoms. The molecule has 120 valence electrons. The first-order valence-corrected chi connectivity index (χ1v) is 8.27. The Morgan fingerprint density at radius 2 is 2.26 bits per heavy atom. The zero-order valence-electron chi connectivity index (χ0n) is 13.4. The van der Waals surface area contributed by atoms with E-state index < -0.39 is 0 Å². The average molecular weight is 311 g/mol. The molecule has 23 heavy (non-hydrogen) atoms. The highest BCUT2D eigenvalue weighted by molar-refractivity contribution is 5.78. The van der Waals surface area contributed by atoms with Gasteiger partial charge in [-0.15, -0.1) is 0 Å². The van der Waals surface area contributed by atoms with Crippen LogP contribution in [0.5, 0.6) is 5.75 Å². The van der Waals surface area contributed by atoms with E-state index in [-0.39, 0.29) is 5.91 Å². The molecule has 4 rings (SSSR count). The van der Waals surface area contributed by atoms with Crippen molar-refractivity contribution < 1.29 is 9.53 Å². The van der Waals surface area contributed by atoms with E-state index in [1.807, 2.05) is 40.0 Å². The van der Waals surface area contributed by atoms with E-state index in [1.54, 1.807) is 0 Å². The van der Waals surface area contributed by atoms with Crippen molar-refractivity contribution in [2.45, 2.75) is 32.9 Å². The fourth-order valence-electron chi connectivity index (χ4n) is 3.55. The Morgan fingerprint density at radius 1 is 1.39 bits per heavy atom. The molecule has 1 atom stereocenters. The van der Waals surface area contributed by atoms with Gasteiger partial charge in [0.15, 0.2) is 0 Å². The summed E-state index contributed by atoms with van der Waals surface area (Å²) in [6.45, 7) is 4.76. The van der Waals surface area contributed by atoms with Gasteiger partial charge >= 0.3 is 0 Å². The fraction of sp³-hybridized carbons (Fsp3) is 0.444. The van der Waals surface area contributed by atoms with Crippen LogP contribution in [0.15, 0.2) is 30.5 Å². The molecule has 1 aromatic heterocycles. The molecule has 2 aromatic rings. The van der Waals surface area contributed by atoms with Crippen molar-refractivity contribution in [1.82, 2.24) is 14.7 Å². The minimum atomic E-state index is 0.159. The number of amides is 1. The summed E-state index contributed by atoms with van der Waals surface area (Å²) >= 11 is 0. The molecule has 3 heterocycles. The number of carbonyl (C=O) groups excluding carboxylic acids is 1. The van der Waals surface area contributed by atoms with Crippen LogP contribution in [-0.2, 0) is 17.9 Å². The van der Waals surface area contributed by atoms with Crippen LogP contribution in [0.25, 0.3) is 11.3 Å². The number of hydrogen-bond donors (Lipinski definition) is 0. The number of likely N-dealkylation sites (tertiary alicyclic amines) is 1. The van der Waals surface area contributed by atoms with Gasteiger partial charge in [-0.05, 0) is 30.9 Å². The summed E-state index contributed by atoms with van der Waals surface area (Å²) in [6.07, 6.45) is 4.13. The lowest BCUT2D eigenvalue weighted by Crippen LogP contribution is -2.41. The zero-order chi connectivity index (χ0) is 15.8. The molecular formula is C18H21N3O2. The van der Waals surface area contributed by atoms with Crippen molar-refractivity contribution in [2.24, 2.45) is 5.92 Å². The Morgan fingerprint density at radius 3 is 3.13 bits per heavy atom. The molecule has 1 saturated heterocycles. The van der Waals surface area contributed by atoms with E-state index in [0.717, 1.165) is 42.1 Å². The van der Waals surface area contributed by atoms with Gasteiger partial charge in [0, 0.05) is 24.2 Å². The molecule has 1 fully saturated rings. The number of aromatic nitrogens is 2. The second-order valence-electron chi connectivity index (χ2n) is 6.55. The monoisotopic (exact) mass is 311 g/mol. The average Bonchev–Trinajstić information content (AvgIpc) is 2.98. The van der Waals surface area contributed by atoms with E-state index in [1.165, 1.54) is 6.42 Å². The van der Waals surface area contributed by atoms with Crippen molar-refractivity contribution in [3.05, 3.63) is 36.0 Å². The van der Waals surface area contributed by atoms with Crippen LogP contribution in [0, 0.1) is 5.92 Å². The second kappa shape index (κ2) is 5.72. The molecule has 1 amide bonds. The lowest BCUT2D eigenvalue weighted by atomic mass is 10.0. The number of benzene rings is 1. The Bertz CT molecular complexity index is 738. The number of para-hydroxylation sites is 1. The van der Waals surface area contributed by atoms with Crippen molar-refractivity contribution in [2.75, 3.05) is 13.1 Å². The van der Waals surface area contributed by atoms with E-state index >= 15 is 0 Å². The minimum absolute atomic E-state index is 0.159. The summed E-state index contributed by atoms with van der Waals surface area (Å²) in [5, 5.41) is 4.44. The maximum absolute atomic E-state index is 12.6. The lowest BCUT2D eigenvalue weighted by Gasteiger charge is -2.31. The minimum Gasteiger partial charge on any atom is -0.488 e. The highest BCUT2D eigenvalue weighted by Crippen LogP contribution is 2.37. The Hall–Kier alpha value is -2.30. The first-order valence-electron chi connectivity index (χ1n) is 8.27. The van der Waals surface area contributed by atoms with E-state index in [4.69, 9.17) is 4.74 Å². The third-order valence-electron chi connectivity index (χ3n) is 4.74. The van der Waals surface area contributed by atoms with Crippen LogP contribution in [0.2, 0.25) is 0 Å². The van der Waals surface area contributed by atoms with E-state index in [2.05, 4.69) is 12.0 Å². The molecule has 0 saturated carbocycles. The lowest BCUT2D eigenvalue weighted by molar-refractivity contribution is -0.133. The molecule has 1 unspecified atom stereocenters. The Balaban J connectivity index is 1.60. The predicted octanol–water partition coefficient (Wildman–Crippen LogP) is 2.70. The summed E-state index contributed by atoms with van der Waals surface area (Å²) < 4.78 is 7.58. The van der Waals surface area contributed by atoms with E-state index in [9.17, 15) is 4.79 Å². The molecular weight excluding hydrogens is 290 g/mol. The highest BCUT2D eigenvalue weighted by atomic mass is 16.5. The summed E-state index contributed by atoms with van der Waals surface area (Å²) in [6, 6.07) is 7.94. The number of carbonyl (C=O) groups is 1. The molecule has 0 radical (unpaired) electrons. The van der Waals surface area contributed by atoms with Crippen LogP contribution in [0.4, 0.5) is 0 Å². The summed E-state index contributed by atoms with van der Waals surface area (Å²) in [5.41, 5.74) is 3.08. The number of piperidine rings is 1. The number of nitrogens with zero attached hydrogens (tertiary/aromatic N) is 3. The Labute approximate surface area is 135 Å². The molecule has 0 bridgehead atoms. The Kier molecular flexibility index (Phi) is 3.56. The number of hydrogen-bond acceptors (Lipinski definition) is 3. The largest absolute Gasteiger partial charge is 0.488 e. The van der Waals surface area contributed by atoms with Gasteiger partial charge in [0.1, 0.15) is 18.9 Å². The molecule has 0 spiro atoms. The van der Waals surface area contributed by atoms with Crippen LogP contribution in [0.1, 0.15) is 25.3 Å². The summed E-state index contributed by atoms with van der Waals surface area (Å²) in [4.78, 5) is 14.6. The number of ether oxygens (including phenoxy) is 1. The second-order valence-corrected chi connectivity index (χ2v) is 6.55. The summed E-state index contributed by atoms with van der Waals surface area (Å²) in [5.74, 6) is 1.61. The molecule has 5 nitrogen and oxygen atoms in total. The topological polar surface area (TPSA) is 47.4 Å². The van der Waals surface area contributed by atoms with Crippen molar-refractivity contribution in [1.29, 1.82) is 0 Å². The van der Waals surface area contributed by atoms with Crippen LogP contribution >= 0.6 is 0 Å². The third kappa shape index (κ3) is 2.60. The third-order valence-corrected chi connectivity index (χ3v) is 4.74. The van der Waals surface area contributed by atoms with Gasteiger partial charge in [0.05, 0.1) is 11.9 Å². The van der Waals surface area contributed by atoms with Gasteiger partial charge in [-0.2, -0.15) is 5.10 Å². The first-order chi connectivity index (χ1) is 11.2. The molecule has 2 aliphatic rings. The standard InChI is InChI=1S/C18H21N3O2/c1-13-5-4-8-20(10-13)17(22)11-21-18-14(9-19-21)12-23-16-7-3-2-6-15(16)18/h2-3,6-7,9,13H,4-5,8,10-12H2,1H3. The van der Waals surface area contributed by atoms with Gasteiger partial charge in [-0.3, -0.25) is 9.48 Å². The smallest absolute Gasteiger partial charge is 0.244 e. The van der Waals surface area contributed by atoms with Crippen LogP contribution in [-0.4, -0.2) is 33.7 Å². The maximum Gasteiger partial charge on any atom is 0.244 e. The van der Waals surface area contributed by atoms with Crippen LogP contribution < -0.4 is 4.74 Å². The number of fused-ring (bicyclic) bond motifs is 3. The van der Waals surface area contributed by atoms with Gasteiger partial charge < -0.3 is 9.64 Å². The summed E-state index contributed by atoms with van der Waals surface area (Å²) in [7, 11) is 0. The molecule has 1 aromatic carbocycles. The van der Waals surface area contributed by atoms with Gasteiger partial charge in [-0.1, -0.05) is 19.1 Å². The SMILES string of the molecule is CC1CCCN(C(=O)Cn2ncc3c2-c2ccccc2OC3)C1. The fourth-order valence-corrected chi connectivity index (χ4v) is 3.55. The first kappa shape index (κ1) is 14.3. The van der Waals surface area contributed by atoms with Gasteiger partial charge in [0.25, 0.3) is 0 Å². The zero-order valence-corrected chi connectivity index (χ0v) is 13.4. The number of rotatable bonds is 2. The molecule has 2 aliphatic heterocycles. The molecule has 0 N–H and O–H groups in total. The van der Waals surface area contributed by atoms with Crippen molar-refractivity contribution >= 4 is 5.91 Å². The van der Waals surface area contributed by atoms with Crippen molar-refractivity contribution in [3.8, 4) is 17.0 Å². The highest BCUT2D eigenvalue weighted by Gasteiger charge is 2.25. The maximum atomic E-state index is 12.6.